The van der Waals surface area contributed by atoms with Crippen LogP contribution >= 0.6 is 0 Å². The van der Waals surface area contributed by atoms with Crippen LogP contribution in [0.1, 0.15) is 67.1 Å². The Hall–Kier alpha value is -2.63. The van der Waals surface area contributed by atoms with E-state index in [-0.39, 0.29) is 23.4 Å². The summed E-state index contributed by atoms with van der Waals surface area (Å²) < 4.78 is 5.26. The van der Waals surface area contributed by atoms with Crippen LogP contribution in [0.25, 0.3) is 0 Å². The molecular weight excluding hydrogens is 366 g/mol. The minimum atomic E-state index is -0.222. The molecule has 152 valence electrons. The van der Waals surface area contributed by atoms with Crippen molar-refractivity contribution in [3.05, 3.63) is 54.2 Å². The van der Waals surface area contributed by atoms with Gasteiger partial charge in [0.15, 0.2) is 5.76 Å². The van der Waals surface area contributed by atoms with E-state index >= 15 is 0 Å². The molecule has 0 radical (unpaired) electrons. The molecule has 0 N–H and O–H groups in total. The molecule has 1 atom stereocenters. The number of carbonyl (C=O) groups is 2. The van der Waals surface area contributed by atoms with Crippen LogP contribution in [0.5, 0.6) is 0 Å². The lowest BCUT2D eigenvalue weighted by molar-refractivity contribution is -0.186. The zero-order valence-electron chi connectivity index (χ0n) is 16.6. The van der Waals surface area contributed by atoms with Crippen molar-refractivity contribution < 1.29 is 14.0 Å². The van der Waals surface area contributed by atoms with Gasteiger partial charge in [-0.2, -0.15) is 0 Å². The molecule has 1 aliphatic carbocycles. The van der Waals surface area contributed by atoms with Gasteiger partial charge in [-0.15, -0.1) is 0 Å². The van der Waals surface area contributed by atoms with Gasteiger partial charge in [-0.3, -0.25) is 14.6 Å². The number of aromatic nitrogens is 1. The molecule has 6 nitrogen and oxygen atoms in total. The third kappa shape index (κ3) is 2.96. The SMILES string of the molecule is O=C(c1ccco1)N1CCC(N2C(=O)C3(CCCCC3)C2c2ccncc2)CC1. The fraction of sp³-hybridized carbons (Fsp3) is 0.522. The highest BCUT2D eigenvalue weighted by molar-refractivity contribution is 5.92. The summed E-state index contributed by atoms with van der Waals surface area (Å²) in [5, 5.41) is 0. The predicted molar refractivity (Wildman–Crippen MR) is 107 cm³/mol. The molecule has 2 aromatic rings. The summed E-state index contributed by atoms with van der Waals surface area (Å²) in [6, 6.07) is 7.91. The maximum atomic E-state index is 13.4. The van der Waals surface area contributed by atoms with Gasteiger partial charge in [0, 0.05) is 31.5 Å². The van der Waals surface area contributed by atoms with Gasteiger partial charge in [0.25, 0.3) is 5.91 Å². The summed E-state index contributed by atoms with van der Waals surface area (Å²) in [7, 11) is 0. The number of pyridine rings is 1. The van der Waals surface area contributed by atoms with E-state index in [2.05, 4.69) is 22.0 Å². The number of β-lactam (4-membered cyclic amide) rings is 1. The van der Waals surface area contributed by atoms with Crippen molar-refractivity contribution in [2.45, 2.75) is 57.0 Å². The average molecular weight is 393 g/mol. The lowest BCUT2D eigenvalue weighted by atomic mass is 9.59. The summed E-state index contributed by atoms with van der Waals surface area (Å²) in [6.07, 6.45) is 12.3. The smallest absolute Gasteiger partial charge is 0.289 e. The van der Waals surface area contributed by atoms with E-state index in [1.165, 1.54) is 18.2 Å². The number of hydrogen-bond acceptors (Lipinski definition) is 4. The van der Waals surface area contributed by atoms with E-state index in [1.807, 2.05) is 17.3 Å². The van der Waals surface area contributed by atoms with Crippen molar-refractivity contribution in [3.8, 4) is 0 Å². The fourth-order valence-corrected chi connectivity index (χ4v) is 5.67. The average Bonchev–Trinajstić information content (AvgIpc) is 3.33. The van der Waals surface area contributed by atoms with Crippen LogP contribution < -0.4 is 0 Å². The van der Waals surface area contributed by atoms with Crippen molar-refractivity contribution in [2.24, 2.45) is 5.41 Å². The molecule has 0 bridgehead atoms. The number of furan rings is 1. The first-order valence-electron chi connectivity index (χ1n) is 10.8. The maximum Gasteiger partial charge on any atom is 0.289 e. The van der Waals surface area contributed by atoms with Crippen molar-refractivity contribution >= 4 is 11.8 Å². The predicted octanol–water partition coefficient (Wildman–Crippen LogP) is 3.81. The monoisotopic (exact) mass is 393 g/mol. The van der Waals surface area contributed by atoms with Gasteiger partial charge in [-0.05, 0) is 55.5 Å². The van der Waals surface area contributed by atoms with Gasteiger partial charge >= 0.3 is 0 Å². The zero-order chi connectivity index (χ0) is 19.8. The Morgan fingerprint density at radius 2 is 1.79 bits per heavy atom. The molecule has 2 aliphatic heterocycles. The molecule has 29 heavy (non-hydrogen) atoms. The molecule has 1 unspecified atom stereocenters. The van der Waals surface area contributed by atoms with Gasteiger partial charge in [0.1, 0.15) is 0 Å². The van der Waals surface area contributed by atoms with Gasteiger partial charge < -0.3 is 14.2 Å². The van der Waals surface area contributed by atoms with E-state index in [1.54, 1.807) is 12.1 Å². The minimum absolute atomic E-state index is 0.0576. The molecule has 3 fully saturated rings. The Balaban J connectivity index is 1.34. The topological polar surface area (TPSA) is 66.7 Å². The third-order valence-electron chi connectivity index (χ3n) is 7.11. The highest BCUT2D eigenvalue weighted by Gasteiger charge is 2.62. The Labute approximate surface area is 170 Å². The van der Waals surface area contributed by atoms with E-state index in [4.69, 9.17) is 4.42 Å². The largest absolute Gasteiger partial charge is 0.459 e. The molecule has 0 aromatic carbocycles. The van der Waals surface area contributed by atoms with Crippen molar-refractivity contribution in [2.75, 3.05) is 13.1 Å². The number of piperidine rings is 1. The second-order valence-corrected chi connectivity index (χ2v) is 8.61. The van der Waals surface area contributed by atoms with E-state index in [0.717, 1.165) is 38.5 Å². The van der Waals surface area contributed by atoms with Gasteiger partial charge in [0.05, 0.1) is 17.7 Å². The molecule has 2 amide bonds. The van der Waals surface area contributed by atoms with Gasteiger partial charge in [-0.1, -0.05) is 19.3 Å². The number of carbonyl (C=O) groups excluding carboxylic acids is 2. The lowest BCUT2D eigenvalue weighted by Crippen LogP contribution is -2.67. The normalized spacial score (nSPS) is 24.6. The standard InChI is InChI=1S/C23H27N3O3/c27-21(19-5-4-16-29-19)25-14-8-18(9-15-25)26-20(17-6-12-24-13-7-17)23(22(26)28)10-2-1-3-11-23/h4-7,12-13,16,18,20H,1-3,8-11,14-15H2. The summed E-state index contributed by atoms with van der Waals surface area (Å²) in [5.74, 6) is 0.659. The Morgan fingerprint density at radius 3 is 2.45 bits per heavy atom. The van der Waals surface area contributed by atoms with Crippen LogP contribution in [0, 0.1) is 5.41 Å². The first-order valence-corrected chi connectivity index (χ1v) is 10.8. The van der Waals surface area contributed by atoms with Crippen LogP contribution in [0.15, 0.2) is 47.3 Å². The Morgan fingerprint density at radius 1 is 1.07 bits per heavy atom. The zero-order valence-corrected chi connectivity index (χ0v) is 16.6. The molecule has 2 saturated heterocycles. The van der Waals surface area contributed by atoms with Crippen molar-refractivity contribution in [3.63, 3.8) is 0 Å². The van der Waals surface area contributed by atoms with Crippen LogP contribution in [-0.2, 0) is 4.79 Å². The Bertz CT molecular complexity index is 866. The summed E-state index contributed by atoms with van der Waals surface area (Å²) >= 11 is 0. The molecule has 4 heterocycles. The molecule has 2 aromatic heterocycles. The van der Waals surface area contributed by atoms with Crippen LogP contribution in [0.4, 0.5) is 0 Å². The number of nitrogens with zero attached hydrogens (tertiary/aromatic N) is 3. The molecule has 3 aliphatic rings. The van der Waals surface area contributed by atoms with E-state index in [0.29, 0.717) is 24.8 Å². The minimum Gasteiger partial charge on any atom is -0.459 e. The van der Waals surface area contributed by atoms with Gasteiger partial charge in [-0.25, -0.2) is 0 Å². The number of rotatable bonds is 3. The number of likely N-dealkylation sites (tertiary alicyclic amines) is 2. The quantitative estimate of drug-likeness (QED) is 0.744. The van der Waals surface area contributed by atoms with Crippen LogP contribution in [0.3, 0.4) is 0 Å². The summed E-state index contributed by atoms with van der Waals surface area (Å²) in [6.45, 7) is 1.31. The van der Waals surface area contributed by atoms with Crippen molar-refractivity contribution in [1.82, 2.24) is 14.8 Å². The summed E-state index contributed by atoms with van der Waals surface area (Å²) in [4.78, 5) is 34.1. The highest BCUT2D eigenvalue weighted by atomic mass is 16.3. The van der Waals surface area contributed by atoms with Gasteiger partial charge in [0.2, 0.25) is 5.91 Å². The fourth-order valence-electron chi connectivity index (χ4n) is 5.67. The first-order chi connectivity index (χ1) is 14.2. The maximum absolute atomic E-state index is 13.4. The third-order valence-corrected chi connectivity index (χ3v) is 7.11. The number of amides is 2. The highest BCUT2D eigenvalue weighted by Crippen LogP contribution is 2.59. The first kappa shape index (κ1) is 18.4. The van der Waals surface area contributed by atoms with Crippen LogP contribution in [0.2, 0.25) is 0 Å². The van der Waals surface area contributed by atoms with Crippen molar-refractivity contribution in [1.29, 1.82) is 0 Å². The second-order valence-electron chi connectivity index (χ2n) is 8.61. The molecular formula is C23H27N3O3. The lowest BCUT2D eigenvalue weighted by Gasteiger charge is -2.61. The van der Waals surface area contributed by atoms with Crippen LogP contribution in [-0.4, -0.2) is 45.7 Å². The van der Waals surface area contributed by atoms with E-state index in [9.17, 15) is 9.59 Å². The number of hydrogen-bond donors (Lipinski definition) is 0. The second kappa shape index (κ2) is 7.32. The summed E-state index contributed by atoms with van der Waals surface area (Å²) in [5.41, 5.74) is 0.983. The van der Waals surface area contributed by atoms with E-state index < -0.39 is 0 Å². The molecule has 1 saturated carbocycles. The molecule has 6 heteroatoms. The Kier molecular flexibility index (Phi) is 4.64. The molecule has 1 spiro atoms. The molecule has 5 rings (SSSR count).